The van der Waals surface area contributed by atoms with Gasteiger partial charge in [0.2, 0.25) is 11.4 Å². The molecule has 0 fully saturated rings. The van der Waals surface area contributed by atoms with E-state index in [1.807, 2.05) is 170 Å². The molecule has 0 unspecified atom stereocenters. The molecule has 0 aliphatic rings. The van der Waals surface area contributed by atoms with Crippen LogP contribution in [0.15, 0.2) is 491 Å². The van der Waals surface area contributed by atoms with Crippen molar-refractivity contribution >= 4 is 174 Å². The number of nitrogens with zero attached hydrogens (tertiary/aromatic N) is 12. The molecule has 150 heavy (non-hydrogen) atoms. The summed E-state index contributed by atoms with van der Waals surface area (Å²) in [7, 11) is 0. The summed E-state index contributed by atoms with van der Waals surface area (Å²) in [4.78, 5) is 59.9. The molecule has 0 N–H and O–H groups in total. The van der Waals surface area contributed by atoms with Crippen molar-refractivity contribution in [1.82, 2.24) is 59.8 Å². The van der Waals surface area contributed by atoms with Crippen molar-refractivity contribution in [2.45, 2.75) is 0 Å². The van der Waals surface area contributed by atoms with Gasteiger partial charge >= 0.3 is 0 Å². The lowest BCUT2D eigenvalue weighted by molar-refractivity contribution is 0.654. The topological polar surface area (TPSA) is 207 Å². The Balaban J connectivity index is 0.000000106. The Morgan fingerprint density at radius 2 is 0.473 bits per heavy atom. The van der Waals surface area contributed by atoms with Gasteiger partial charge in [-0.1, -0.05) is 382 Å². The van der Waals surface area contributed by atoms with Gasteiger partial charge in [0.15, 0.2) is 58.0 Å². The van der Waals surface area contributed by atoms with E-state index in [0.29, 0.717) is 63.8 Å². The molecule has 0 atom stereocenters. The van der Waals surface area contributed by atoms with Crippen LogP contribution in [0.5, 0.6) is 0 Å². The van der Waals surface area contributed by atoms with Gasteiger partial charge in [0.1, 0.15) is 27.9 Å². The Bertz CT molecular complexity index is 10500. The summed E-state index contributed by atoms with van der Waals surface area (Å²) >= 11 is 0. The molecule has 10 aromatic heterocycles. The summed E-state index contributed by atoms with van der Waals surface area (Å²) in [6.07, 6.45) is 5.58. The van der Waals surface area contributed by atoms with E-state index in [-0.39, 0.29) is 0 Å². The van der Waals surface area contributed by atoms with Crippen molar-refractivity contribution < 1.29 is 17.7 Å². The second-order valence-electron chi connectivity index (χ2n) is 37.5. The van der Waals surface area contributed by atoms with E-state index in [1.54, 1.807) is 0 Å². The van der Waals surface area contributed by atoms with Gasteiger partial charge in [0, 0.05) is 111 Å². The first-order chi connectivity index (χ1) is 74.3. The number of aromatic nitrogens is 12. The SMILES string of the molecule is c1ccc(-c2nc(-c3ccc4ccccc4c3)nc(-c3cccc4c(-c5cccc6oc7nc8ccccc8cc7c56)cccc34)n2)cc1.c1ccc(-c2nc(-c3ccc4ccccc4c3)nc(-c3cccc4c(-c5cncc6oc7cc8ccccc8cc7c56)cccc34)n2)cc1.c1ccc(-c2nc(-c3cccc4c(-c5ccnc6oc7cc8ccccc8cc7c56)cccc34)nc(-c3cccc4oc5ccccc5c34)n2)cc1. The van der Waals surface area contributed by atoms with Gasteiger partial charge in [-0.05, 0) is 176 Å². The van der Waals surface area contributed by atoms with Crippen molar-refractivity contribution in [3.8, 4) is 136 Å². The second-order valence-corrected chi connectivity index (χ2v) is 37.5. The largest absolute Gasteiger partial charge is 0.456 e. The number of pyridine rings is 3. The van der Waals surface area contributed by atoms with E-state index in [4.69, 9.17) is 67.5 Å². The molecule has 21 aromatic carbocycles. The summed E-state index contributed by atoms with van der Waals surface area (Å²) in [5.41, 5.74) is 21.8. The third-order valence-corrected chi connectivity index (χ3v) is 28.7. The number of furan rings is 4. The van der Waals surface area contributed by atoms with Crippen LogP contribution in [0.4, 0.5) is 0 Å². The molecular weight excluding hydrogens is 1840 g/mol. The van der Waals surface area contributed by atoms with E-state index in [2.05, 4.69) is 313 Å². The minimum absolute atomic E-state index is 0.585. The summed E-state index contributed by atoms with van der Waals surface area (Å²) in [5.74, 6) is 5.57. The Hall–Kier alpha value is -20.6. The minimum Gasteiger partial charge on any atom is -0.456 e. The lowest BCUT2D eigenvalue weighted by Crippen LogP contribution is -2.01. The van der Waals surface area contributed by atoms with Crippen LogP contribution >= 0.6 is 0 Å². The highest BCUT2D eigenvalue weighted by Crippen LogP contribution is 2.49. The normalized spacial score (nSPS) is 11.7. The first-order valence-corrected chi connectivity index (χ1v) is 49.8. The molecule has 698 valence electrons. The van der Waals surface area contributed by atoms with Gasteiger partial charge in [-0.25, -0.2) is 54.8 Å². The zero-order valence-corrected chi connectivity index (χ0v) is 80.0. The van der Waals surface area contributed by atoms with Crippen LogP contribution in [0, 0.1) is 0 Å². The molecule has 0 spiro atoms. The number of fused-ring (bicyclic) bond motifs is 20. The van der Waals surface area contributed by atoms with Gasteiger partial charge in [-0.3, -0.25) is 4.98 Å². The van der Waals surface area contributed by atoms with Crippen LogP contribution < -0.4 is 0 Å². The zero-order valence-electron chi connectivity index (χ0n) is 80.0. The Labute approximate surface area is 855 Å². The summed E-state index contributed by atoms with van der Waals surface area (Å²) < 4.78 is 25.3. The number of hydrogen-bond acceptors (Lipinski definition) is 16. The lowest BCUT2D eigenvalue weighted by Gasteiger charge is -2.13. The van der Waals surface area contributed by atoms with Gasteiger partial charge in [0.25, 0.3) is 0 Å². The Kier molecular flexibility index (Phi) is 20.5. The highest BCUT2D eigenvalue weighted by molar-refractivity contribution is 6.22. The van der Waals surface area contributed by atoms with Crippen molar-refractivity contribution in [2.24, 2.45) is 0 Å². The predicted molar refractivity (Wildman–Crippen MR) is 607 cm³/mol. The zero-order chi connectivity index (χ0) is 98.8. The van der Waals surface area contributed by atoms with Gasteiger partial charge in [0.05, 0.1) is 17.1 Å². The number of hydrogen-bond donors (Lipinski definition) is 0. The fourth-order valence-electron chi connectivity index (χ4n) is 21.7. The van der Waals surface area contributed by atoms with E-state index in [0.717, 1.165) is 230 Å². The molecule has 31 rings (SSSR count). The number of rotatable bonds is 12. The molecule has 31 aromatic rings. The molecule has 0 saturated carbocycles. The standard InChI is InChI=1S/C46H26N4O2.2C44H26N4O/c1-2-11-27(12-3-1)43-48-44(50-45(49-43)36-20-10-22-39-41(36)35-15-6-7-21-38(35)51-39)34-19-9-16-30-31(17-8-18-32(30)34)33-23-24-47-46-42(33)37-25-28-13-4-5-14-29(28)26-40(37)52-46;1-2-12-28(13-3-1)41-46-42(31-24-23-27-11-4-5-14-29(27)25-31)48-43(47-41)36-20-9-16-32-33(17-8-18-34(32)36)35-19-10-22-39-40(35)37-26-30-15-6-7-21-38(30)45-44(37)49-39;1-2-11-28(12-3-1)42-46-43(32-21-20-27-10-4-5-13-29(27)22-32)48-44(47-42)36-19-9-16-33-34(36)17-8-18-35(33)38-25-45-26-40-41(38)37-23-30-14-6-7-15-31(30)24-39(37)49-40/h1-26H;2*1-26H. The van der Waals surface area contributed by atoms with E-state index >= 15 is 0 Å². The van der Waals surface area contributed by atoms with Crippen LogP contribution in [0.3, 0.4) is 0 Å². The Morgan fingerprint density at radius 3 is 0.993 bits per heavy atom. The monoisotopic (exact) mass is 1920 g/mol. The maximum absolute atomic E-state index is 6.38. The summed E-state index contributed by atoms with van der Waals surface area (Å²) in [6, 6.07) is 156. The first-order valence-electron chi connectivity index (χ1n) is 49.8. The minimum atomic E-state index is 0.585. The molecule has 0 bridgehead atoms. The maximum atomic E-state index is 6.38. The molecule has 0 amide bonds. The van der Waals surface area contributed by atoms with Crippen molar-refractivity contribution in [3.05, 3.63) is 474 Å². The van der Waals surface area contributed by atoms with Crippen LogP contribution in [-0.4, -0.2) is 59.8 Å². The van der Waals surface area contributed by atoms with Crippen LogP contribution in [0.25, 0.3) is 310 Å². The highest BCUT2D eigenvalue weighted by atomic mass is 16.3. The second kappa shape index (κ2) is 35.8. The molecule has 0 aliphatic carbocycles. The smallest absolute Gasteiger partial charge is 0.227 e. The maximum Gasteiger partial charge on any atom is 0.227 e. The summed E-state index contributed by atoms with van der Waals surface area (Å²) in [6.45, 7) is 0. The van der Waals surface area contributed by atoms with Crippen molar-refractivity contribution in [3.63, 3.8) is 0 Å². The van der Waals surface area contributed by atoms with Crippen LogP contribution in [0.2, 0.25) is 0 Å². The lowest BCUT2D eigenvalue weighted by atomic mass is 9.93. The quantitative estimate of drug-likeness (QED) is 0.111. The molecule has 16 nitrogen and oxygen atoms in total. The average Bonchev–Trinajstić information content (AvgIpc) is 1.53. The van der Waals surface area contributed by atoms with Crippen LogP contribution in [-0.2, 0) is 0 Å². The van der Waals surface area contributed by atoms with E-state index < -0.39 is 0 Å². The van der Waals surface area contributed by atoms with Crippen molar-refractivity contribution in [2.75, 3.05) is 0 Å². The summed E-state index contributed by atoms with van der Waals surface area (Å²) in [5, 5.41) is 25.0. The molecule has 10 heterocycles. The van der Waals surface area contributed by atoms with Crippen LogP contribution in [0.1, 0.15) is 0 Å². The molecule has 16 heteroatoms. The van der Waals surface area contributed by atoms with Crippen molar-refractivity contribution in [1.29, 1.82) is 0 Å². The first kappa shape index (κ1) is 86.1. The third kappa shape index (κ3) is 15.1. The van der Waals surface area contributed by atoms with Gasteiger partial charge < -0.3 is 17.7 Å². The van der Waals surface area contributed by atoms with Gasteiger partial charge in [-0.2, -0.15) is 0 Å². The molecule has 0 radical (unpaired) electrons. The van der Waals surface area contributed by atoms with E-state index in [1.165, 1.54) is 16.2 Å². The number of para-hydroxylation sites is 2. The number of benzene rings is 21. The fraction of sp³-hybridized carbons (Fsp3) is 0. The van der Waals surface area contributed by atoms with Gasteiger partial charge in [-0.15, -0.1) is 0 Å². The molecular formula is C134H78N12O4. The van der Waals surface area contributed by atoms with E-state index in [9.17, 15) is 0 Å². The Morgan fingerprint density at radius 1 is 0.147 bits per heavy atom. The predicted octanol–water partition coefficient (Wildman–Crippen LogP) is 34.6. The third-order valence-electron chi connectivity index (χ3n) is 28.7. The molecule has 0 saturated heterocycles. The molecule has 0 aliphatic heterocycles. The highest BCUT2D eigenvalue weighted by Gasteiger charge is 2.27. The fourth-order valence-corrected chi connectivity index (χ4v) is 21.7. The average molecular weight is 1920 g/mol.